The lowest BCUT2D eigenvalue weighted by atomic mass is 10.0. The van der Waals surface area contributed by atoms with Gasteiger partial charge in [0.25, 0.3) is 0 Å². The van der Waals surface area contributed by atoms with Crippen LogP contribution in [-0.4, -0.2) is 18.8 Å². The largest absolute Gasteiger partial charge is 0.496 e. The second-order valence-corrected chi connectivity index (χ2v) is 4.77. The molecule has 0 spiro atoms. The predicted octanol–water partition coefficient (Wildman–Crippen LogP) is 2.93. The molecule has 1 rings (SSSR count). The second kappa shape index (κ2) is 6.36. The highest BCUT2D eigenvalue weighted by molar-refractivity contribution is 5.94. The van der Waals surface area contributed by atoms with Crippen LogP contribution in [0.25, 0.3) is 0 Å². The van der Waals surface area contributed by atoms with Gasteiger partial charge in [-0.2, -0.15) is 0 Å². The number of hydrogen-bond acceptors (Lipinski definition) is 3. The Kier molecular flexibility index (Phi) is 5.10. The molecule has 1 amide bonds. The number of carbonyl (C=O) groups excluding carboxylic acids is 2. The molecule has 0 atom stereocenters. The van der Waals surface area contributed by atoms with Gasteiger partial charge in [-0.05, 0) is 50.5 Å². The summed E-state index contributed by atoms with van der Waals surface area (Å²) in [5, 5.41) is 2.88. The highest BCUT2D eigenvalue weighted by Gasteiger charge is 2.13. The van der Waals surface area contributed by atoms with Crippen LogP contribution in [0.3, 0.4) is 0 Å². The molecule has 0 unspecified atom stereocenters. The third-order valence-electron chi connectivity index (χ3n) is 3.24. The molecule has 0 fully saturated rings. The lowest BCUT2D eigenvalue weighted by Gasteiger charge is -2.16. The van der Waals surface area contributed by atoms with Crippen molar-refractivity contribution in [2.24, 2.45) is 0 Å². The van der Waals surface area contributed by atoms with Gasteiger partial charge in [-0.15, -0.1) is 0 Å². The number of aryl methyl sites for hydroxylation is 1. The summed E-state index contributed by atoms with van der Waals surface area (Å²) in [5.41, 5.74) is 3.77. The van der Waals surface area contributed by atoms with Gasteiger partial charge in [0.05, 0.1) is 7.11 Å². The third-order valence-corrected chi connectivity index (χ3v) is 3.24. The normalized spacial score (nSPS) is 10.2. The summed E-state index contributed by atoms with van der Waals surface area (Å²) in [4.78, 5) is 22.7. The van der Waals surface area contributed by atoms with E-state index in [1.54, 1.807) is 7.11 Å². The molecule has 0 heterocycles. The monoisotopic (exact) mass is 263 g/mol. The van der Waals surface area contributed by atoms with Crippen molar-refractivity contribution in [3.8, 4) is 5.75 Å². The molecule has 0 aliphatic rings. The van der Waals surface area contributed by atoms with Gasteiger partial charge in [-0.25, -0.2) is 0 Å². The van der Waals surface area contributed by atoms with Crippen molar-refractivity contribution in [3.63, 3.8) is 0 Å². The van der Waals surface area contributed by atoms with Crippen LogP contribution in [0.15, 0.2) is 6.07 Å². The van der Waals surface area contributed by atoms with Crippen molar-refractivity contribution in [3.05, 3.63) is 22.8 Å². The highest BCUT2D eigenvalue weighted by Crippen LogP contribution is 2.31. The zero-order valence-corrected chi connectivity index (χ0v) is 12.2. The number of ketones is 1. The van der Waals surface area contributed by atoms with Crippen molar-refractivity contribution in [1.29, 1.82) is 0 Å². The van der Waals surface area contributed by atoms with E-state index in [0.29, 0.717) is 0 Å². The summed E-state index contributed by atoms with van der Waals surface area (Å²) in [6.07, 6.45) is 0.498. The summed E-state index contributed by atoms with van der Waals surface area (Å²) in [7, 11) is 1.63. The number of hydrogen-bond donors (Lipinski definition) is 1. The Morgan fingerprint density at radius 3 is 2.32 bits per heavy atom. The molecule has 19 heavy (non-hydrogen) atoms. The van der Waals surface area contributed by atoms with E-state index in [4.69, 9.17) is 4.74 Å². The first kappa shape index (κ1) is 15.2. The van der Waals surface area contributed by atoms with Crippen molar-refractivity contribution >= 4 is 17.4 Å². The molecule has 104 valence electrons. The van der Waals surface area contributed by atoms with Crippen LogP contribution in [0.1, 0.15) is 36.5 Å². The summed E-state index contributed by atoms with van der Waals surface area (Å²) < 4.78 is 5.29. The molecule has 0 aliphatic heterocycles. The Hall–Kier alpha value is -1.84. The standard InChI is InChI=1S/C15H21NO3/c1-9-8-13(19-5)11(3)12(4)15(9)16-14(18)7-6-10(2)17/h8H,6-7H2,1-5H3,(H,16,18). The summed E-state index contributed by atoms with van der Waals surface area (Å²) in [5.74, 6) is 0.706. The number of ether oxygens (including phenoxy) is 1. The molecule has 1 aromatic carbocycles. The number of nitrogens with one attached hydrogen (secondary N) is 1. The Bertz CT molecular complexity index is 507. The molecule has 1 aromatic rings. The first-order chi connectivity index (χ1) is 8.86. The van der Waals surface area contributed by atoms with Gasteiger partial charge in [-0.3, -0.25) is 4.79 Å². The maximum absolute atomic E-state index is 11.8. The van der Waals surface area contributed by atoms with Crippen molar-refractivity contribution in [2.45, 2.75) is 40.5 Å². The van der Waals surface area contributed by atoms with E-state index >= 15 is 0 Å². The fraction of sp³-hybridized carbons (Fsp3) is 0.467. The quantitative estimate of drug-likeness (QED) is 0.888. The Morgan fingerprint density at radius 1 is 1.16 bits per heavy atom. The van der Waals surface area contributed by atoms with Crippen LogP contribution in [0.5, 0.6) is 5.75 Å². The van der Waals surface area contributed by atoms with E-state index in [0.717, 1.165) is 28.1 Å². The highest BCUT2D eigenvalue weighted by atomic mass is 16.5. The smallest absolute Gasteiger partial charge is 0.224 e. The molecule has 0 aliphatic carbocycles. The molecular weight excluding hydrogens is 242 g/mol. The fourth-order valence-electron chi connectivity index (χ4n) is 1.94. The van der Waals surface area contributed by atoms with Crippen LogP contribution in [-0.2, 0) is 9.59 Å². The van der Waals surface area contributed by atoms with E-state index in [1.807, 2.05) is 26.8 Å². The van der Waals surface area contributed by atoms with E-state index < -0.39 is 0 Å². The molecule has 4 nitrogen and oxygen atoms in total. The maximum atomic E-state index is 11.8. The molecule has 0 bridgehead atoms. The average molecular weight is 263 g/mol. The Labute approximate surface area is 114 Å². The number of anilines is 1. The molecule has 0 aromatic heterocycles. The Balaban J connectivity index is 2.93. The number of amides is 1. The first-order valence-corrected chi connectivity index (χ1v) is 6.31. The molecule has 1 N–H and O–H groups in total. The SMILES string of the molecule is COc1cc(C)c(NC(=O)CCC(C)=O)c(C)c1C. The van der Waals surface area contributed by atoms with Crippen LogP contribution >= 0.6 is 0 Å². The van der Waals surface area contributed by atoms with E-state index in [-0.39, 0.29) is 24.5 Å². The molecule has 0 saturated carbocycles. The zero-order chi connectivity index (χ0) is 14.6. The van der Waals surface area contributed by atoms with Gasteiger partial charge in [0.15, 0.2) is 0 Å². The number of benzene rings is 1. The van der Waals surface area contributed by atoms with Gasteiger partial charge >= 0.3 is 0 Å². The number of Topliss-reactive ketones (excluding diaryl/α,β-unsaturated/α-hetero) is 1. The van der Waals surface area contributed by atoms with Gasteiger partial charge < -0.3 is 14.8 Å². The van der Waals surface area contributed by atoms with Crippen molar-refractivity contribution < 1.29 is 14.3 Å². The number of rotatable bonds is 5. The minimum atomic E-state index is -0.133. The summed E-state index contributed by atoms with van der Waals surface area (Å²) in [6, 6.07) is 1.91. The first-order valence-electron chi connectivity index (χ1n) is 6.31. The van der Waals surface area contributed by atoms with Crippen LogP contribution in [0.2, 0.25) is 0 Å². The van der Waals surface area contributed by atoms with E-state index in [1.165, 1.54) is 6.92 Å². The van der Waals surface area contributed by atoms with E-state index in [2.05, 4.69) is 5.32 Å². The average Bonchev–Trinajstić information content (AvgIpc) is 2.36. The Morgan fingerprint density at radius 2 is 1.79 bits per heavy atom. The summed E-state index contributed by atoms with van der Waals surface area (Å²) >= 11 is 0. The molecule has 4 heteroatoms. The number of methoxy groups -OCH3 is 1. The van der Waals surface area contributed by atoms with Gasteiger partial charge in [0.2, 0.25) is 5.91 Å². The molecule has 0 saturated heterocycles. The van der Waals surface area contributed by atoms with Gasteiger partial charge in [-0.1, -0.05) is 0 Å². The van der Waals surface area contributed by atoms with E-state index in [9.17, 15) is 9.59 Å². The van der Waals surface area contributed by atoms with Crippen molar-refractivity contribution in [1.82, 2.24) is 0 Å². The fourth-order valence-corrected chi connectivity index (χ4v) is 1.94. The van der Waals surface area contributed by atoms with Crippen LogP contribution in [0, 0.1) is 20.8 Å². The zero-order valence-electron chi connectivity index (χ0n) is 12.2. The predicted molar refractivity (Wildman–Crippen MR) is 75.7 cm³/mol. The lowest BCUT2D eigenvalue weighted by molar-refractivity contribution is -0.121. The minimum Gasteiger partial charge on any atom is -0.496 e. The number of carbonyl (C=O) groups is 2. The van der Waals surface area contributed by atoms with Gasteiger partial charge in [0, 0.05) is 18.5 Å². The molecule has 0 radical (unpaired) electrons. The maximum Gasteiger partial charge on any atom is 0.224 e. The minimum absolute atomic E-state index is 0.0227. The van der Waals surface area contributed by atoms with Gasteiger partial charge in [0.1, 0.15) is 11.5 Å². The summed E-state index contributed by atoms with van der Waals surface area (Å²) in [6.45, 7) is 7.32. The lowest BCUT2D eigenvalue weighted by Crippen LogP contribution is -2.15. The van der Waals surface area contributed by atoms with Crippen LogP contribution in [0.4, 0.5) is 5.69 Å². The van der Waals surface area contributed by atoms with Crippen LogP contribution < -0.4 is 10.1 Å². The second-order valence-electron chi connectivity index (χ2n) is 4.77. The molecular formula is C15H21NO3. The third kappa shape index (κ3) is 3.81. The topological polar surface area (TPSA) is 55.4 Å². The van der Waals surface area contributed by atoms with Crippen molar-refractivity contribution in [2.75, 3.05) is 12.4 Å².